The number of carbonyl (C=O) groups is 1. The lowest BCUT2D eigenvalue weighted by Crippen LogP contribution is -2.41. The van der Waals surface area contributed by atoms with E-state index in [1.807, 2.05) is 12.1 Å². The number of rotatable bonds is 7. The Kier molecular flexibility index (Phi) is 6.21. The van der Waals surface area contributed by atoms with Crippen LogP contribution in [-0.2, 0) is 11.3 Å². The molecule has 2 rings (SSSR count). The van der Waals surface area contributed by atoms with Gasteiger partial charge in [-0.05, 0) is 56.5 Å². The summed E-state index contributed by atoms with van der Waals surface area (Å²) >= 11 is 0. The number of likely N-dealkylation sites (N-methyl/N-ethyl adjacent to an activating group) is 1. The number of hydrogen-bond acceptors (Lipinski definition) is 4. The van der Waals surface area contributed by atoms with E-state index in [9.17, 15) is 4.79 Å². The Balaban J connectivity index is 1.88. The van der Waals surface area contributed by atoms with Gasteiger partial charge in [-0.2, -0.15) is 0 Å². The molecule has 0 saturated carbocycles. The van der Waals surface area contributed by atoms with E-state index in [4.69, 9.17) is 9.84 Å². The molecule has 2 unspecified atom stereocenters. The average Bonchev–Trinajstić information content (AvgIpc) is 2.53. The summed E-state index contributed by atoms with van der Waals surface area (Å²) in [5, 5.41) is 12.1. The summed E-state index contributed by atoms with van der Waals surface area (Å²) in [5.74, 6) is 0.564. The molecule has 1 heterocycles. The highest BCUT2D eigenvalue weighted by atomic mass is 16.5. The van der Waals surface area contributed by atoms with E-state index in [1.54, 1.807) is 14.2 Å². The maximum Gasteiger partial charge on any atom is 0.320 e. The predicted molar refractivity (Wildman–Crippen MR) is 86.1 cm³/mol. The first-order valence-electron chi connectivity index (χ1n) is 7.87. The van der Waals surface area contributed by atoms with Crippen LogP contribution in [0.25, 0.3) is 0 Å². The maximum absolute atomic E-state index is 11.1. The van der Waals surface area contributed by atoms with Crippen LogP contribution < -0.4 is 10.1 Å². The Labute approximate surface area is 132 Å². The quantitative estimate of drug-likeness (QED) is 0.806. The van der Waals surface area contributed by atoms with Crippen LogP contribution in [0.5, 0.6) is 5.75 Å². The van der Waals surface area contributed by atoms with E-state index in [-0.39, 0.29) is 0 Å². The Morgan fingerprint density at radius 3 is 2.77 bits per heavy atom. The summed E-state index contributed by atoms with van der Waals surface area (Å²) in [6.07, 6.45) is 2.95. The van der Waals surface area contributed by atoms with Gasteiger partial charge in [-0.1, -0.05) is 12.1 Å². The van der Waals surface area contributed by atoms with Crippen molar-refractivity contribution < 1.29 is 14.6 Å². The van der Waals surface area contributed by atoms with Crippen molar-refractivity contribution in [2.75, 3.05) is 27.2 Å². The van der Waals surface area contributed by atoms with Gasteiger partial charge in [0.2, 0.25) is 0 Å². The van der Waals surface area contributed by atoms with Crippen molar-refractivity contribution in [1.82, 2.24) is 10.2 Å². The van der Waals surface area contributed by atoms with Gasteiger partial charge in [0.1, 0.15) is 11.8 Å². The molecule has 0 amide bonds. The van der Waals surface area contributed by atoms with Crippen LogP contribution in [0.15, 0.2) is 24.3 Å². The van der Waals surface area contributed by atoms with Gasteiger partial charge in [-0.15, -0.1) is 0 Å². The van der Waals surface area contributed by atoms with Crippen molar-refractivity contribution in [1.29, 1.82) is 0 Å². The monoisotopic (exact) mass is 306 g/mol. The number of likely N-dealkylation sites (tertiary alicyclic amines) is 1. The van der Waals surface area contributed by atoms with E-state index in [0.717, 1.165) is 38.2 Å². The zero-order valence-electron chi connectivity index (χ0n) is 13.4. The molecule has 0 bridgehead atoms. The summed E-state index contributed by atoms with van der Waals surface area (Å²) in [6.45, 7) is 2.97. The number of benzene rings is 1. The number of carboxylic acids is 1. The van der Waals surface area contributed by atoms with Crippen molar-refractivity contribution in [3.05, 3.63) is 29.8 Å². The first-order valence-corrected chi connectivity index (χ1v) is 7.87. The Morgan fingerprint density at radius 1 is 1.45 bits per heavy atom. The van der Waals surface area contributed by atoms with Crippen molar-refractivity contribution in [3.8, 4) is 5.75 Å². The molecule has 0 aliphatic carbocycles. The zero-order chi connectivity index (χ0) is 15.9. The number of carboxylic acid groups (broad SMARTS) is 1. The second-order valence-electron chi connectivity index (χ2n) is 6.01. The van der Waals surface area contributed by atoms with Gasteiger partial charge in [0, 0.05) is 13.1 Å². The molecule has 1 saturated heterocycles. The molecule has 5 heteroatoms. The highest BCUT2D eigenvalue weighted by Crippen LogP contribution is 2.23. The first-order chi connectivity index (χ1) is 10.6. The first kappa shape index (κ1) is 16.8. The largest absolute Gasteiger partial charge is 0.497 e. The molecular weight excluding hydrogens is 280 g/mol. The van der Waals surface area contributed by atoms with Crippen molar-refractivity contribution in [2.24, 2.45) is 5.92 Å². The predicted octanol–water partition coefficient (Wildman–Crippen LogP) is 1.97. The Morgan fingerprint density at radius 2 is 2.18 bits per heavy atom. The van der Waals surface area contributed by atoms with E-state index < -0.39 is 12.0 Å². The summed E-state index contributed by atoms with van der Waals surface area (Å²) in [6, 6.07) is 7.72. The van der Waals surface area contributed by atoms with Crippen LogP contribution in [-0.4, -0.2) is 49.3 Å². The maximum atomic E-state index is 11.1. The molecule has 1 aliphatic rings. The van der Waals surface area contributed by atoms with Crippen LogP contribution in [0.4, 0.5) is 0 Å². The standard InChI is InChI=1S/C17H26N2O3/c1-18-16(17(20)21)10-14-4-3-9-19(12-14)11-13-5-7-15(22-2)8-6-13/h5-8,14,16,18H,3-4,9-12H2,1-2H3,(H,20,21). The summed E-state index contributed by atoms with van der Waals surface area (Å²) in [5.41, 5.74) is 1.27. The molecule has 0 aromatic heterocycles. The summed E-state index contributed by atoms with van der Waals surface area (Å²) < 4.78 is 5.18. The van der Waals surface area contributed by atoms with Gasteiger partial charge in [0.05, 0.1) is 7.11 Å². The molecule has 0 radical (unpaired) electrons. The second kappa shape index (κ2) is 8.15. The van der Waals surface area contributed by atoms with E-state index in [2.05, 4.69) is 22.3 Å². The van der Waals surface area contributed by atoms with E-state index in [1.165, 1.54) is 5.56 Å². The van der Waals surface area contributed by atoms with Crippen LogP contribution in [0, 0.1) is 5.92 Å². The molecule has 122 valence electrons. The number of piperidine rings is 1. The van der Waals surface area contributed by atoms with Crippen LogP contribution in [0.3, 0.4) is 0 Å². The SMILES string of the molecule is CNC(CC1CCCN(Cc2ccc(OC)cc2)C1)C(=O)O. The average molecular weight is 306 g/mol. The third-order valence-corrected chi connectivity index (χ3v) is 4.38. The molecule has 22 heavy (non-hydrogen) atoms. The van der Waals surface area contributed by atoms with Gasteiger partial charge in [0.15, 0.2) is 0 Å². The number of methoxy groups -OCH3 is 1. The van der Waals surface area contributed by atoms with Crippen LogP contribution >= 0.6 is 0 Å². The number of ether oxygens (including phenoxy) is 1. The third kappa shape index (κ3) is 4.71. The minimum absolute atomic E-state index is 0.439. The highest BCUT2D eigenvalue weighted by Gasteiger charge is 2.25. The van der Waals surface area contributed by atoms with Gasteiger partial charge in [-0.3, -0.25) is 9.69 Å². The van der Waals surface area contributed by atoms with Crippen molar-refractivity contribution in [2.45, 2.75) is 31.8 Å². The number of aliphatic carboxylic acids is 1. The fourth-order valence-electron chi connectivity index (χ4n) is 3.15. The number of nitrogens with zero attached hydrogens (tertiary/aromatic N) is 1. The third-order valence-electron chi connectivity index (χ3n) is 4.38. The molecule has 2 atom stereocenters. The lowest BCUT2D eigenvalue weighted by Gasteiger charge is -2.33. The Hall–Kier alpha value is -1.59. The lowest BCUT2D eigenvalue weighted by atomic mass is 9.91. The van der Waals surface area contributed by atoms with E-state index in [0.29, 0.717) is 12.3 Å². The molecular formula is C17H26N2O3. The second-order valence-corrected chi connectivity index (χ2v) is 6.01. The minimum atomic E-state index is -0.755. The summed E-state index contributed by atoms with van der Waals surface area (Å²) in [4.78, 5) is 13.6. The minimum Gasteiger partial charge on any atom is -0.497 e. The molecule has 5 nitrogen and oxygen atoms in total. The topological polar surface area (TPSA) is 61.8 Å². The molecule has 0 spiro atoms. The molecule has 2 N–H and O–H groups in total. The van der Waals surface area contributed by atoms with Crippen molar-refractivity contribution in [3.63, 3.8) is 0 Å². The van der Waals surface area contributed by atoms with Crippen LogP contribution in [0.2, 0.25) is 0 Å². The summed E-state index contributed by atoms with van der Waals surface area (Å²) in [7, 11) is 3.39. The highest BCUT2D eigenvalue weighted by molar-refractivity contribution is 5.73. The fourth-order valence-corrected chi connectivity index (χ4v) is 3.15. The zero-order valence-corrected chi connectivity index (χ0v) is 13.4. The molecule has 1 aromatic rings. The molecule has 1 aliphatic heterocycles. The van der Waals surface area contributed by atoms with Crippen LogP contribution in [0.1, 0.15) is 24.8 Å². The smallest absolute Gasteiger partial charge is 0.320 e. The van der Waals surface area contributed by atoms with Gasteiger partial charge in [0.25, 0.3) is 0 Å². The molecule has 1 fully saturated rings. The normalized spacial score (nSPS) is 20.5. The number of nitrogens with one attached hydrogen (secondary N) is 1. The van der Waals surface area contributed by atoms with E-state index >= 15 is 0 Å². The Bertz CT molecular complexity index is 475. The van der Waals surface area contributed by atoms with Crippen molar-refractivity contribution >= 4 is 5.97 Å². The van der Waals surface area contributed by atoms with Gasteiger partial charge in [-0.25, -0.2) is 0 Å². The fraction of sp³-hybridized carbons (Fsp3) is 0.588. The lowest BCUT2D eigenvalue weighted by molar-refractivity contribution is -0.139. The van der Waals surface area contributed by atoms with Gasteiger partial charge < -0.3 is 15.2 Å². The number of hydrogen-bond donors (Lipinski definition) is 2. The van der Waals surface area contributed by atoms with Gasteiger partial charge >= 0.3 is 5.97 Å². The molecule has 1 aromatic carbocycles.